The van der Waals surface area contributed by atoms with Gasteiger partial charge in [0.25, 0.3) is 0 Å². The SMILES string of the molecule is Cn1ccnc1COc1ccc(/C=C2/CCc3ccccc3C2=O)cc1. The van der Waals surface area contributed by atoms with E-state index in [0.29, 0.717) is 6.61 Å². The number of carbonyl (C=O) groups excluding carboxylic acids is 1. The van der Waals surface area contributed by atoms with E-state index in [9.17, 15) is 4.79 Å². The number of Topliss-reactive ketones (excluding diaryl/α,β-unsaturated/α-hetero) is 1. The molecule has 0 radical (unpaired) electrons. The number of hydrogen-bond acceptors (Lipinski definition) is 3. The fraction of sp³-hybridized carbons (Fsp3) is 0.182. The van der Waals surface area contributed by atoms with Crippen LogP contribution in [0.2, 0.25) is 0 Å². The number of carbonyl (C=O) groups is 1. The predicted octanol–water partition coefficient (Wildman–Crippen LogP) is 4.21. The molecular weight excluding hydrogens is 324 g/mol. The molecule has 0 bridgehead atoms. The first kappa shape index (κ1) is 16.3. The van der Waals surface area contributed by atoms with E-state index in [1.807, 2.05) is 72.4 Å². The summed E-state index contributed by atoms with van der Waals surface area (Å²) in [5.74, 6) is 1.81. The van der Waals surface area contributed by atoms with E-state index in [4.69, 9.17) is 4.74 Å². The van der Waals surface area contributed by atoms with Crippen LogP contribution in [-0.4, -0.2) is 15.3 Å². The maximum atomic E-state index is 12.7. The van der Waals surface area contributed by atoms with E-state index in [1.54, 1.807) is 6.20 Å². The molecule has 0 unspecified atom stereocenters. The summed E-state index contributed by atoms with van der Waals surface area (Å²) in [6.45, 7) is 0.430. The molecule has 2 aromatic carbocycles. The molecule has 1 heterocycles. The molecule has 1 aliphatic carbocycles. The highest BCUT2D eigenvalue weighted by Crippen LogP contribution is 2.27. The Balaban J connectivity index is 1.47. The number of allylic oxidation sites excluding steroid dienone is 1. The lowest BCUT2D eigenvalue weighted by molar-refractivity contribution is 0.102. The third-order valence-electron chi connectivity index (χ3n) is 4.73. The number of rotatable bonds is 4. The summed E-state index contributed by atoms with van der Waals surface area (Å²) < 4.78 is 7.71. The lowest BCUT2D eigenvalue weighted by Gasteiger charge is -2.17. The third-order valence-corrected chi connectivity index (χ3v) is 4.73. The monoisotopic (exact) mass is 344 g/mol. The van der Waals surface area contributed by atoms with E-state index in [1.165, 1.54) is 0 Å². The van der Waals surface area contributed by atoms with Gasteiger partial charge in [0.2, 0.25) is 0 Å². The van der Waals surface area contributed by atoms with Gasteiger partial charge < -0.3 is 9.30 Å². The number of ketones is 1. The smallest absolute Gasteiger partial charge is 0.189 e. The van der Waals surface area contributed by atoms with Gasteiger partial charge in [-0.25, -0.2) is 4.98 Å². The van der Waals surface area contributed by atoms with Gasteiger partial charge in [-0.3, -0.25) is 4.79 Å². The van der Waals surface area contributed by atoms with Crippen molar-refractivity contribution in [2.75, 3.05) is 0 Å². The van der Waals surface area contributed by atoms with E-state index >= 15 is 0 Å². The zero-order valence-corrected chi connectivity index (χ0v) is 14.7. The lowest BCUT2D eigenvalue weighted by atomic mass is 9.86. The maximum absolute atomic E-state index is 12.7. The quantitative estimate of drug-likeness (QED) is 0.666. The van der Waals surface area contributed by atoms with Crippen molar-refractivity contribution in [3.05, 3.63) is 89.0 Å². The standard InChI is InChI=1S/C22H20N2O2/c1-24-13-12-23-21(24)15-26-19-10-6-16(7-11-19)14-18-9-8-17-4-2-3-5-20(17)22(18)25/h2-7,10-14H,8-9,15H2,1H3/b18-14-. The Hall–Kier alpha value is -3.14. The van der Waals surface area contributed by atoms with Crippen LogP contribution >= 0.6 is 0 Å². The summed E-state index contributed by atoms with van der Waals surface area (Å²) in [6.07, 6.45) is 7.34. The summed E-state index contributed by atoms with van der Waals surface area (Å²) in [4.78, 5) is 16.9. The van der Waals surface area contributed by atoms with Gasteiger partial charge in [-0.2, -0.15) is 0 Å². The number of hydrogen-bond donors (Lipinski definition) is 0. The van der Waals surface area contributed by atoms with Crippen molar-refractivity contribution >= 4 is 11.9 Å². The summed E-state index contributed by atoms with van der Waals surface area (Å²) in [5, 5.41) is 0. The molecule has 130 valence electrons. The van der Waals surface area contributed by atoms with E-state index in [0.717, 1.165) is 46.7 Å². The molecule has 0 atom stereocenters. The van der Waals surface area contributed by atoms with Crippen LogP contribution in [-0.2, 0) is 20.1 Å². The molecule has 0 fully saturated rings. The molecule has 1 aliphatic rings. The Bertz CT molecular complexity index is 968. The van der Waals surface area contributed by atoms with Crippen LogP contribution in [0.4, 0.5) is 0 Å². The normalized spacial score (nSPS) is 15.1. The molecular formula is C22H20N2O2. The topological polar surface area (TPSA) is 44.1 Å². The van der Waals surface area contributed by atoms with Crippen LogP contribution < -0.4 is 4.74 Å². The van der Waals surface area contributed by atoms with Crippen molar-refractivity contribution in [2.24, 2.45) is 7.05 Å². The molecule has 4 rings (SSSR count). The van der Waals surface area contributed by atoms with E-state index < -0.39 is 0 Å². The summed E-state index contributed by atoms with van der Waals surface area (Å²) in [6, 6.07) is 15.7. The zero-order chi connectivity index (χ0) is 17.9. The number of nitrogens with zero attached hydrogens (tertiary/aromatic N) is 2. The molecule has 0 amide bonds. The number of fused-ring (bicyclic) bond motifs is 1. The first-order chi connectivity index (χ1) is 12.7. The summed E-state index contributed by atoms with van der Waals surface area (Å²) in [7, 11) is 1.94. The van der Waals surface area contributed by atoms with Crippen molar-refractivity contribution in [3.63, 3.8) is 0 Å². The molecule has 4 heteroatoms. The minimum absolute atomic E-state index is 0.141. The van der Waals surface area contributed by atoms with Gasteiger partial charge in [0.05, 0.1) is 0 Å². The Morgan fingerprint density at radius 3 is 2.69 bits per heavy atom. The first-order valence-corrected chi connectivity index (χ1v) is 8.73. The van der Waals surface area contributed by atoms with Crippen LogP contribution in [0, 0.1) is 0 Å². The van der Waals surface area contributed by atoms with E-state index in [2.05, 4.69) is 4.98 Å². The average Bonchev–Trinajstić information content (AvgIpc) is 3.08. The minimum atomic E-state index is 0.141. The highest BCUT2D eigenvalue weighted by molar-refractivity contribution is 6.13. The predicted molar refractivity (Wildman–Crippen MR) is 101 cm³/mol. The van der Waals surface area contributed by atoms with Crippen molar-refractivity contribution in [1.82, 2.24) is 9.55 Å². The van der Waals surface area contributed by atoms with Crippen LogP contribution in [0.5, 0.6) is 5.75 Å². The largest absolute Gasteiger partial charge is 0.486 e. The second-order valence-corrected chi connectivity index (χ2v) is 6.47. The number of benzene rings is 2. The Morgan fingerprint density at radius 1 is 1.12 bits per heavy atom. The molecule has 0 saturated heterocycles. The van der Waals surface area contributed by atoms with Gasteiger partial charge in [0.15, 0.2) is 5.78 Å². The highest BCUT2D eigenvalue weighted by Gasteiger charge is 2.20. The average molecular weight is 344 g/mol. The molecule has 1 aromatic heterocycles. The third kappa shape index (κ3) is 3.31. The van der Waals surface area contributed by atoms with Crippen LogP contribution in [0.15, 0.2) is 66.5 Å². The molecule has 0 N–H and O–H groups in total. The van der Waals surface area contributed by atoms with Gasteiger partial charge >= 0.3 is 0 Å². The van der Waals surface area contributed by atoms with Crippen LogP contribution in [0.25, 0.3) is 6.08 Å². The van der Waals surface area contributed by atoms with Gasteiger partial charge in [0.1, 0.15) is 18.2 Å². The highest BCUT2D eigenvalue weighted by atomic mass is 16.5. The van der Waals surface area contributed by atoms with Gasteiger partial charge in [-0.05, 0) is 42.2 Å². The van der Waals surface area contributed by atoms with Crippen molar-refractivity contribution in [3.8, 4) is 5.75 Å². The number of ether oxygens (including phenoxy) is 1. The molecule has 26 heavy (non-hydrogen) atoms. The number of aromatic nitrogens is 2. The van der Waals surface area contributed by atoms with Crippen molar-refractivity contribution in [1.29, 1.82) is 0 Å². The lowest BCUT2D eigenvalue weighted by Crippen LogP contribution is -2.13. The molecule has 3 aromatic rings. The molecule has 4 nitrogen and oxygen atoms in total. The Morgan fingerprint density at radius 2 is 1.92 bits per heavy atom. The fourth-order valence-corrected chi connectivity index (χ4v) is 3.20. The Labute approximate surface area is 152 Å². The van der Waals surface area contributed by atoms with Gasteiger partial charge in [0, 0.05) is 30.6 Å². The molecule has 0 spiro atoms. The summed E-state index contributed by atoms with van der Waals surface area (Å²) >= 11 is 0. The Kier molecular flexibility index (Phi) is 4.40. The van der Waals surface area contributed by atoms with Crippen molar-refractivity contribution < 1.29 is 9.53 Å². The minimum Gasteiger partial charge on any atom is -0.486 e. The first-order valence-electron chi connectivity index (χ1n) is 8.73. The van der Waals surface area contributed by atoms with Gasteiger partial charge in [-0.1, -0.05) is 36.4 Å². The van der Waals surface area contributed by atoms with Crippen molar-refractivity contribution in [2.45, 2.75) is 19.4 Å². The number of imidazole rings is 1. The zero-order valence-electron chi connectivity index (χ0n) is 14.7. The van der Waals surface area contributed by atoms with Crippen LogP contribution in [0.3, 0.4) is 0 Å². The second-order valence-electron chi connectivity index (χ2n) is 6.47. The number of aryl methyl sites for hydroxylation is 2. The van der Waals surface area contributed by atoms with Crippen LogP contribution in [0.1, 0.15) is 33.7 Å². The van der Waals surface area contributed by atoms with E-state index in [-0.39, 0.29) is 5.78 Å². The summed E-state index contributed by atoms with van der Waals surface area (Å²) in [5.41, 5.74) is 3.86. The second kappa shape index (κ2) is 7.00. The fourth-order valence-electron chi connectivity index (χ4n) is 3.20. The molecule has 0 saturated carbocycles. The maximum Gasteiger partial charge on any atom is 0.189 e. The molecule has 0 aliphatic heterocycles. The van der Waals surface area contributed by atoms with Gasteiger partial charge in [-0.15, -0.1) is 0 Å².